The molecule has 0 bridgehead atoms. The number of β-lactam (4-membered cyclic amide) rings is 1. The van der Waals surface area contributed by atoms with Gasteiger partial charge < -0.3 is 20.3 Å². The van der Waals surface area contributed by atoms with Crippen LogP contribution in [0.15, 0.2) is 41.6 Å². The van der Waals surface area contributed by atoms with Crippen molar-refractivity contribution in [1.82, 2.24) is 10.2 Å². The smallest absolute Gasteiger partial charge is 0.352 e. The van der Waals surface area contributed by atoms with Crippen molar-refractivity contribution >= 4 is 35.5 Å². The molecule has 0 spiro atoms. The van der Waals surface area contributed by atoms with Gasteiger partial charge in [0.25, 0.3) is 11.8 Å². The molecule has 1 aromatic carbocycles. The largest absolute Gasteiger partial charge is 0.477 e. The van der Waals surface area contributed by atoms with Crippen molar-refractivity contribution in [2.24, 2.45) is 0 Å². The number of carboxylic acid groups (broad SMARTS) is 1. The van der Waals surface area contributed by atoms with Gasteiger partial charge >= 0.3 is 11.9 Å². The molecule has 3 atom stereocenters. The Kier molecular flexibility index (Phi) is 5.71. The van der Waals surface area contributed by atoms with Crippen molar-refractivity contribution in [1.29, 1.82) is 0 Å². The highest BCUT2D eigenvalue weighted by Crippen LogP contribution is 2.40. The Morgan fingerprint density at radius 1 is 1.32 bits per heavy atom. The van der Waals surface area contributed by atoms with Crippen LogP contribution >= 0.6 is 11.8 Å². The molecule has 0 aliphatic carbocycles. The first-order valence-electron chi connectivity index (χ1n) is 8.38. The third-order valence-corrected chi connectivity index (χ3v) is 5.70. The Morgan fingerprint density at radius 3 is 2.61 bits per heavy atom. The fourth-order valence-corrected chi connectivity index (χ4v) is 4.33. The second-order valence-electron chi connectivity index (χ2n) is 6.25. The summed E-state index contributed by atoms with van der Waals surface area (Å²) in [5, 5.41) is 21.5. The molecule has 9 nitrogen and oxygen atoms in total. The molecule has 2 aliphatic heterocycles. The van der Waals surface area contributed by atoms with Crippen molar-refractivity contribution in [2.45, 2.75) is 24.4 Å². The first-order chi connectivity index (χ1) is 13.3. The van der Waals surface area contributed by atoms with Gasteiger partial charge in [0.1, 0.15) is 23.7 Å². The predicted octanol–water partition coefficient (Wildman–Crippen LogP) is 0.0217. The fourth-order valence-electron chi connectivity index (χ4n) is 3.00. The zero-order valence-corrected chi connectivity index (χ0v) is 15.6. The maximum absolute atomic E-state index is 12.5. The number of esters is 1. The average Bonchev–Trinajstić information content (AvgIpc) is 2.69. The Morgan fingerprint density at radius 2 is 2.00 bits per heavy atom. The second kappa shape index (κ2) is 8.03. The maximum Gasteiger partial charge on any atom is 0.352 e. The van der Waals surface area contributed by atoms with Gasteiger partial charge in [0.05, 0.1) is 0 Å². The molecule has 0 radical (unpaired) electrons. The van der Waals surface area contributed by atoms with E-state index in [1.165, 1.54) is 18.7 Å². The molecule has 3 rings (SSSR count). The van der Waals surface area contributed by atoms with Crippen LogP contribution in [0.2, 0.25) is 0 Å². The number of nitrogens with one attached hydrogen (secondary N) is 1. The average molecular weight is 406 g/mol. The van der Waals surface area contributed by atoms with Gasteiger partial charge in [-0.05, 0) is 5.56 Å². The summed E-state index contributed by atoms with van der Waals surface area (Å²) in [5.74, 6) is -2.97. The molecule has 2 aliphatic rings. The lowest BCUT2D eigenvalue weighted by Gasteiger charge is -2.49. The number of carboxylic acids is 1. The van der Waals surface area contributed by atoms with Crippen LogP contribution in [0.1, 0.15) is 18.6 Å². The van der Waals surface area contributed by atoms with E-state index in [1.54, 1.807) is 30.3 Å². The zero-order chi connectivity index (χ0) is 20.4. The van der Waals surface area contributed by atoms with Crippen molar-refractivity contribution in [2.75, 3.05) is 12.4 Å². The first-order valence-corrected chi connectivity index (χ1v) is 9.43. The van der Waals surface area contributed by atoms with E-state index in [1.807, 2.05) is 0 Å². The van der Waals surface area contributed by atoms with E-state index in [0.717, 1.165) is 4.90 Å². The van der Waals surface area contributed by atoms with Crippen molar-refractivity contribution in [3.05, 3.63) is 47.2 Å². The van der Waals surface area contributed by atoms with E-state index < -0.39 is 41.3 Å². The Hall–Kier alpha value is -2.85. The van der Waals surface area contributed by atoms with E-state index in [-0.39, 0.29) is 18.1 Å². The number of rotatable bonds is 6. The molecular weight excluding hydrogens is 388 g/mol. The number of carbonyl (C=O) groups excluding carboxylic acids is 3. The Bertz CT molecular complexity index is 855. The molecule has 148 valence electrons. The Labute approximate surface area is 164 Å². The number of amides is 2. The van der Waals surface area contributed by atoms with E-state index in [4.69, 9.17) is 4.74 Å². The number of benzene rings is 1. The number of ether oxygens (including phenoxy) is 1. The number of hydrogen-bond donors (Lipinski definition) is 3. The zero-order valence-electron chi connectivity index (χ0n) is 14.8. The van der Waals surface area contributed by atoms with Crippen LogP contribution < -0.4 is 5.32 Å². The van der Waals surface area contributed by atoms with Crippen molar-refractivity contribution in [3.8, 4) is 0 Å². The number of aliphatic carboxylic acids is 1. The molecule has 2 amide bonds. The molecule has 2 heterocycles. The van der Waals surface area contributed by atoms with Crippen molar-refractivity contribution in [3.63, 3.8) is 0 Å². The van der Waals surface area contributed by atoms with Crippen molar-refractivity contribution < 1.29 is 34.1 Å². The quantitative estimate of drug-likeness (QED) is 0.445. The van der Waals surface area contributed by atoms with Gasteiger partial charge in [0, 0.05) is 18.2 Å². The SMILES string of the molecule is CC(=O)OCC1=C(C(=O)O)N2C(=O)C(NC(=O)C(O)c3ccccc3)C2SC1. The lowest BCUT2D eigenvalue weighted by molar-refractivity contribution is -0.152. The van der Waals surface area contributed by atoms with E-state index in [2.05, 4.69) is 5.32 Å². The van der Waals surface area contributed by atoms with Crippen LogP contribution in [0.25, 0.3) is 0 Å². The molecular formula is C18H18N2O7S. The number of carbonyl (C=O) groups is 4. The van der Waals surface area contributed by atoms with Gasteiger partial charge in [-0.15, -0.1) is 11.8 Å². The molecule has 3 unspecified atom stereocenters. The summed E-state index contributed by atoms with van der Waals surface area (Å²) in [6, 6.07) is 7.32. The molecule has 3 N–H and O–H groups in total. The Balaban J connectivity index is 1.72. The number of thioether (sulfide) groups is 1. The van der Waals surface area contributed by atoms with Crippen LogP contribution in [0.5, 0.6) is 0 Å². The van der Waals surface area contributed by atoms with Gasteiger partial charge in [0.15, 0.2) is 6.10 Å². The van der Waals surface area contributed by atoms with E-state index in [9.17, 15) is 29.4 Å². The minimum Gasteiger partial charge on any atom is -0.477 e. The van der Waals surface area contributed by atoms with Gasteiger partial charge in [-0.1, -0.05) is 30.3 Å². The van der Waals surface area contributed by atoms with E-state index in [0.29, 0.717) is 11.1 Å². The number of hydrogen-bond acceptors (Lipinski definition) is 7. The minimum absolute atomic E-state index is 0.218. The number of aliphatic hydroxyl groups is 1. The van der Waals surface area contributed by atoms with Gasteiger partial charge in [-0.3, -0.25) is 19.3 Å². The van der Waals surface area contributed by atoms with Crippen LogP contribution in [0.3, 0.4) is 0 Å². The van der Waals surface area contributed by atoms with Crippen LogP contribution in [-0.4, -0.2) is 62.6 Å². The summed E-state index contributed by atoms with van der Waals surface area (Å²) in [4.78, 5) is 48.5. The molecule has 10 heteroatoms. The third-order valence-electron chi connectivity index (χ3n) is 4.36. The fraction of sp³-hybridized carbons (Fsp3) is 0.333. The number of aliphatic hydroxyl groups excluding tert-OH is 1. The molecule has 0 aromatic heterocycles. The monoisotopic (exact) mass is 406 g/mol. The summed E-state index contributed by atoms with van der Waals surface area (Å²) in [7, 11) is 0. The van der Waals surface area contributed by atoms with E-state index >= 15 is 0 Å². The minimum atomic E-state index is -1.44. The highest BCUT2D eigenvalue weighted by molar-refractivity contribution is 8.00. The second-order valence-corrected chi connectivity index (χ2v) is 7.35. The van der Waals surface area contributed by atoms with Gasteiger partial charge in [-0.25, -0.2) is 4.79 Å². The van der Waals surface area contributed by atoms with Crippen LogP contribution in [0.4, 0.5) is 0 Å². The van der Waals surface area contributed by atoms with Gasteiger partial charge in [-0.2, -0.15) is 0 Å². The van der Waals surface area contributed by atoms with Crippen LogP contribution in [-0.2, 0) is 23.9 Å². The number of fused-ring (bicyclic) bond motifs is 1. The predicted molar refractivity (Wildman–Crippen MR) is 97.7 cm³/mol. The van der Waals surface area contributed by atoms with Crippen LogP contribution in [0, 0.1) is 0 Å². The lowest BCUT2D eigenvalue weighted by atomic mass is 10.0. The molecule has 28 heavy (non-hydrogen) atoms. The highest BCUT2D eigenvalue weighted by Gasteiger charge is 2.54. The summed E-state index contributed by atoms with van der Waals surface area (Å²) in [6.07, 6.45) is -1.44. The lowest BCUT2D eigenvalue weighted by Crippen LogP contribution is -2.71. The summed E-state index contributed by atoms with van der Waals surface area (Å²) < 4.78 is 4.86. The molecule has 1 saturated heterocycles. The molecule has 1 fully saturated rings. The normalized spacial score (nSPS) is 22.1. The first kappa shape index (κ1) is 19.9. The number of nitrogens with zero attached hydrogens (tertiary/aromatic N) is 1. The molecule has 1 aromatic rings. The molecule has 0 saturated carbocycles. The highest BCUT2D eigenvalue weighted by atomic mass is 32.2. The summed E-state index contributed by atoms with van der Waals surface area (Å²) in [6.45, 7) is 0.988. The van der Waals surface area contributed by atoms with Gasteiger partial charge in [0.2, 0.25) is 0 Å². The maximum atomic E-state index is 12.5. The third kappa shape index (κ3) is 3.73. The summed E-state index contributed by atoms with van der Waals surface area (Å²) >= 11 is 1.25. The standard InChI is InChI=1S/C18H18N2O7S/c1-9(21)27-7-11-8-28-17-12(16(24)20(17)13(11)18(25)26)19-15(23)14(22)10-5-3-2-4-6-10/h2-6,12,14,17,22H,7-8H2,1H3,(H,19,23)(H,25,26). The topological polar surface area (TPSA) is 133 Å². The summed E-state index contributed by atoms with van der Waals surface area (Å²) in [5.41, 5.74) is 0.463.